The molecule has 1 aromatic carbocycles. The molecule has 0 spiro atoms. The number of piperidine rings is 1. The monoisotopic (exact) mass is 304 g/mol. The Morgan fingerprint density at radius 2 is 1.91 bits per heavy atom. The predicted molar refractivity (Wildman–Crippen MR) is 87.6 cm³/mol. The molecule has 0 aromatic heterocycles. The van der Waals surface area contributed by atoms with Gasteiger partial charge >= 0.3 is 6.03 Å². The molecule has 0 saturated carbocycles. The summed E-state index contributed by atoms with van der Waals surface area (Å²) in [6.45, 7) is 3.17. The van der Waals surface area contributed by atoms with Crippen molar-refractivity contribution in [2.75, 3.05) is 38.2 Å². The molecular weight excluding hydrogens is 280 g/mol. The number of nitrogens with zero attached hydrogens (tertiary/aromatic N) is 2. The summed E-state index contributed by atoms with van der Waals surface area (Å²) in [5.41, 5.74) is 8.14. The molecule has 3 N–H and O–H groups in total. The molecule has 0 atom stereocenters. The van der Waals surface area contributed by atoms with Gasteiger partial charge in [-0.1, -0.05) is 6.07 Å². The molecule has 6 nitrogen and oxygen atoms in total. The highest BCUT2D eigenvalue weighted by Gasteiger charge is 2.28. The number of nitrogens with one attached hydrogen (secondary N) is 1. The van der Waals surface area contributed by atoms with Crippen LogP contribution in [-0.2, 0) is 4.79 Å². The van der Waals surface area contributed by atoms with Gasteiger partial charge in [-0.2, -0.15) is 0 Å². The van der Waals surface area contributed by atoms with E-state index in [1.54, 1.807) is 30.0 Å². The van der Waals surface area contributed by atoms with E-state index in [4.69, 9.17) is 5.73 Å². The van der Waals surface area contributed by atoms with E-state index in [2.05, 4.69) is 5.32 Å². The molecule has 0 unspecified atom stereocenters. The molecule has 0 aliphatic carbocycles. The zero-order chi connectivity index (χ0) is 16.3. The summed E-state index contributed by atoms with van der Waals surface area (Å²) in [4.78, 5) is 27.6. The zero-order valence-electron chi connectivity index (χ0n) is 13.4. The molecule has 6 heteroatoms. The summed E-state index contributed by atoms with van der Waals surface area (Å²) in [6, 6.07) is 5.49. The largest absolute Gasteiger partial charge is 0.399 e. The number of carbonyl (C=O) groups is 2. The van der Waals surface area contributed by atoms with E-state index in [0.717, 1.165) is 11.3 Å². The number of aryl methyl sites for hydroxylation is 1. The molecule has 120 valence electrons. The van der Waals surface area contributed by atoms with Gasteiger partial charge in [-0.15, -0.1) is 0 Å². The van der Waals surface area contributed by atoms with E-state index in [9.17, 15) is 9.59 Å². The van der Waals surface area contributed by atoms with Gasteiger partial charge in [0.25, 0.3) is 0 Å². The first-order valence-corrected chi connectivity index (χ1v) is 7.51. The highest BCUT2D eigenvalue weighted by atomic mass is 16.2. The minimum atomic E-state index is -0.0629. The normalized spacial score (nSPS) is 15.5. The summed E-state index contributed by atoms with van der Waals surface area (Å²) in [7, 11) is 3.48. The van der Waals surface area contributed by atoms with Crippen molar-refractivity contribution in [3.63, 3.8) is 0 Å². The number of urea groups is 1. The third-order valence-electron chi connectivity index (χ3n) is 4.04. The van der Waals surface area contributed by atoms with Crippen molar-refractivity contribution in [3.8, 4) is 0 Å². The number of nitrogen functional groups attached to an aromatic ring is 1. The van der Waals surface area contributed by atoms with Gasteiger partial charge in [0.1, 0.15) is 0 Å². The van der Waals surface area contributed by atoms with Crippen LogP contribution in [0.3, 0.4) is 0 Å². The van der Waals surface area contributed by atoms with Crippen molar-refractivity contribution in [1.29, 1.82) is 0 Å². The summed E-state index contributed by atoms with van der Waals surface area (Å²) in [5.74, 6) is -0.0577. The number of likely N-dealkylation sites (tertiary alicyclic amines) is 1. The van der Waals surface area contributed by atoms with Crippen molar-refractivity contribution in [2.45, 2.75) is 19.8 Å². The molecule has 1 aliphatic rings. The maximum atomic E-state index is 12.4. The van der Waals surface area contributed by atoms with E-state index in [-0.39, 0.29) is 17.9 Å². The molecule has 0 bridgehead atoms. The number of hydrogen-bond acceptors (Lipinski definition) is 3. The SMILES string of the molecule is Cc1ccc(N)cc1NC(=O)C1CCN(C(=O)N(C)C)CC1. The molecule has 1 aromatic rings. The Kier molecular flexibility index (Phi) is 4.90. The Bertz CT molecular complexity index is 563. The van der Waals surface area contributed by atoms with Crippen LogP contribution in [0.5, 0.6) is 0 Å². The molecule has 1 saturated heterocycles. The van der Waals surface area contributed by atoms with Crippen molar-refractivity contribution >= 4 is 23.3 Å². The van der Waals surface area contributed by atoms with Crippen LogP contribution < -0.4 is 11.1 Å². The third-order valence-corrected chi connectivity index (χ3v) is 4.04. The average Bonchev–Trinajstić information content (AvgIpc) is 2.50. The van der Waals surface area contributed by atoms with Crippen LogP contribution in [0.2, 0.25) is 0 Å². The lowest BCUT2D eigenvalue weighted by atomic mass is 9.96. The maximum absolute atomic E-state index is 12.4. The van der Waals surface area contributed by atoms with Crippen LogP contribution >= 0.6 is 0 Å². The van der Waals surface area contributed by atoms with E-state index < -0.39 is 0 Å². The first kappa shape index (κ1) is 16.1. The van der Waals surface area contributed by atoms with Crippen LogP contribution in [0.25, 0.3) is 0 Å². The standard InChI is InChI=1S/C16H24N4O2/c1-11-4-5-13(17)10-14(11)18-15(21)12-6-8-20(9-7-12)16(22)19(2)3/h4-5,10,12H,6-9,17H2,1-3H3,(H,18,21). The Morgan fingerprint density at radius 3 is 2.50 bits per heavy atom. The average molecular weight is 304 g/mol. The van der Waals surface area contributed by atoms with Gasteiger partial charge < -0.3 is 20.9 Å². The van der Waals surface area contributed by atoms with Gasteiger partial charge in [0.15, 0.2) is 0 Å². The summed E-state index contributed by atoms with van der Waals surface area (Å²) >= 11 is 0. The summed E-state index contributed by atoms with van der Waals surface area (Å²) < 4.78 is 0. The fourth-order valence-corrected chi connectivity index (χ4v) is 2.62. The molecule has 2 rings (SSSR count). The smallest absolute Gasteiger partial charge is 0.319 e. The van der Waals surface area contributed by atoms with Crippen LogP contribution in [0.4, 0.5) is 16.2 Å². The van der Waals surface area contributed by atoms with Gasteiger partial charge in [-0.25, -0.2) is 4.79 Å². The fraction of sp³-hybridized carbons (Fsp3) is 0.500. The van der Waals surface area contributed by atoms with Gasteiger partial charge in [0, 0.05) is 44.5 Å². The summed E-state index contributed by atoms with van der Waals surface area (Å²) in [6.07, 6.45) is 1.37. The second kappa shape index (κ2) is 6.68. The minimum absolute atomic E-state index is 0.00513. The number of carbonyl (C=O) groups excluding carboxylic acids is 2. The maximum Gasteiger partial charge on any atom is 0.319 e. The molecule has 3 amide bonds. The van der Waals surface area contributed by atoms with Crippen LogP contribution in [0.15, 0.2) is 18.2 Å². The van der Waals surface area contributed by atoms with Crippen LogP contribution in [0, 0.1) is 12.8 Å². The lowest BCUT2D eigenvalue weighted by Crippen LogP contribution is -2.45. The molecule has 1 aliphatic heterocycles. The fourth-order valence-electron chi connectivity index (χ4n) is 2.62. The van der Waals surface area contributed by atoms with Crippen molar-refractivity contribution in [3.05, 3.63) is 23.8 Å². The van der Waals surface area contributed by atoms with E-state index in [0.29, 0.717) is 31.6 Å². The quantitative estimate of drug-likeness (QED) is 0.819. The van der Waals surface area contributed by atoms with Crippen LogP contribution in [-0.4, -0.2) is 48.9 Å². The Balaban J connectivity index is 1.93. The Morgan fingerprint density at radius 1 is 1.27 bits per heavy atom. The van der Waals surface area contributed by atoms with Crippen molar-refractivity contribution < 1.29 is 9.59 Å². The highest BCUT2D eigenvalue weighted by molar-refractivity contribution is 5.94. The van der Waals surface area contributed by atoms with E-state index in [1.165, 1.54) is 0 Å². The molecule has 0 radical (unpaired) electrons. The number of rotatable bonds is 2. The van der Waals surface area contributed by atoms with Crippen LogP contribution in [0.1, 0.15) is 18.4 Å². The lowest BCUT2D eigenvalue weighted by Gasteiger charge is -2.33. The van der Waals surface area contributed by atoms with E-state index in [1.807, 2.05) is 19.1 Å². The van der Waals surface area contributed by atoms with Gasteiger partial charge in [-0.3, -0.25) is 4.79 Å². The number of anilines is 2. The lowest BCUT2D eigenvalue weighted by molar-refractivity contribution is -0.121. The minimum Gasteiger partial charge on any atom is -0.399 e. The topological polar surface area (TPSA) is 78.7 Å². The second-order valence-electron chi connectivity index (χ2n) is 6.00. The van der Waals surface area contributed by atoms with Gasteiger partial charge in [-0.05, 0) is 37.5 Å². The Hall–Kier alpha value is -2.24. The highest BCUT2D eigenvalue weighted by Crippen LogP contribution is 2.23. The second-order valence-corrected chi connectivity index (χ2v) is 6.00. The number of benzene rings is 1. The van der Waals surface area contributed by atoms with E-state index >= 15 is 0 Å². The zero-order valence-corrected chi connectivity index (χ0v) is 13.4. The molecular formula is C16H24N4O2. The summed E-state index contributed by atoms with van der Waals surface area (Å²) in [5, 5.41) is 2.95. The predicted octanol–water partition coefficient (Wildman–Crippen LogP) is 1.91. The van der Waals surface area contributed by atoms with Gasteiger partial charge in [0.2, 0.25) is 5.91 Å². The first-order valence-electron chi connectivity index (χ1n) is 7.51. The number of hydrogen-bond donors (Lipinski definition) is 2. The third kappa shape index (κ3) is 3.69. The molecule has 1 heterocycles. The molecule has 1 fully saturated rings. The molecule has 22 heavy (non-hydrogen) atoms. The van der Waals surface area contributed by atoms with Crippen molar-refractivity contribution in [2.24, 2.45) is 5.92 Å². The first-order chi connectivity index (χ1) is 10.4. The van der Waals surface area contributed by atoms with Crippen molar-refractivity contribution in [1.82, 2.24) is 9.80 Å². The van der Waals surface area contributed by atoms with Gasteiger partial charge in [0.05, 0.1) is 0 Å². The number of nitrogens with two attached hydrogens (primary N) is 1. The number of amides is 3. The Labute approximate surface area is 131 Å².